The van der Waals surface area contributed by atoms with E-state index in [2.05, 4.69) is 15.8 Å². The van der Waals surface area contributed by atoms with E-state index in [1.807, 2.05) is 0 Å². The molecule has 2 rings (SSSR count). The van der Waals surface area contributed by atoms with E-state index < -0.39 is 0 Å². The Morgan fingerprint density at radius 1 is 1.33 bits per heavy atom. The number of hydrogen-bond acceptors (Lipinski definition) is 6. The molecule has 8 heteroatoms. The second-order valence-corrected chi connectivity index (χ2v) is 7.16. The maximum absolute atomic E-state index is 12.1. The third kappa shape index (κ3) is 6.16. The lowest BCUT2D eigenvalue weighted by Gasteiger charge is -2.30. The summed E-state index contributed by atoms with van der Waals surface area (Å²) in [6.07, 6.45) is 5.97. The maximum atomic E-state index is 12.1. The Kier molecular flexibility index (Phi) is 7.58. The van der Waals surface area contributed by atoms with Crippen molar-refractivity contribution >= 4 is 29.4 Å². The average molecular weight is 354 g/mol. The van der Waals surface area contributed by atoms with Crippen molar-refractivity contribution in [2.45, 2.75) is 45.1 Å². The van der Waals surface area contributed by atoms with Crippen LogP contribution in [0.3, 0.4) is 0 Å². The number of amides is 2. The number of nitrogens with one attached hydrogen (secondary N) is 2. The van der Waals surface area contributed by atoms with E-state index >= 15 is 0 Å². The smallest absolute Gasteiger partial charge is 0.235 e. The molecule has 0 bridgehead atoms. The van der Waals surface area contributed by atoms with Gasteiger partial charge in [-0.25, -0.2) is 0 Å². The van der Waals surface area contributed by atoms with Gasteiger partial charge in [-0.2, -0.15) is 0 Å². The summed E-state index contributed by atoms with van der Waals surface area (Å²) in [7, 11) is 0. The van der Waals surface area contributed by atoms with Gasteiger partial charge in [0.05, 0.1) is 11.5 Å². The normalized spacial score (nSPS) is 16.6. The van der Waals surface area contributed by atoms with Crippen LogP contribution < -0.4 is 16.4 Å². The van der Waals surface area contributed by atoms with E-state index in [4.69, 9.17) is 10.3 Å². The van der Waals surface area contributed by atoms with Gasteiger partial charge < -0.3 is 20.9 Å². The average Bonchev–Trinajstić information content (AvgIpc) is 2.98. The maximum Gasteiger partial charge on any atom is 0.235 e. The van der Waals surface area contributed by atoms with E-state index in [1.165, 1.54) is 31.0 Å². The number of aromatic nitrogens is 1. The van der Waals surface area contributed by atoms with Crippen molar-refractivity contribution in [3.05, 3.63) is 11.8 Å². The second-order valence-electron chi connectivity index (χ2n) is 6.17. The first-order valence-electron chi connectivity index (χ1n) is 8.39. The molecule has 24 heavy (non-hydrogen) atoms. The van der Waals surface area contributed by atoms with Crippen molar-refractivity contribution in [1.29, 1.82) is 0 Å². The molecule has 1 fully saturated rings. The Morgan fingerprint density at radius 2 is 2.04 bits per heavy atom. The molecule has 4 N–H and O–H groups in total. The minimum absolute atomic E-state index is 0.0466. The summed E-state index contributed by atoms with van der Waals surface area (Å²) in [4.78, 5) is 23.8. The summed E-state index contributed by atoms with van der Waals surface area (Å²) in [6, 6.07) is 1.69. The molecule has 1 aromatic rings. The SMILES string of the molecule is Cc1cc(NC(=O)CSCC(=O)NC(CN)C2CCCCC2)no1. The zero-order valence-corrected chi connectivity index (χ0v) is 14.9. The third-order valence-electron chi connectivity index (χ3n) is 4.18. The van der Waals surface area contributed by atoms with Gasteiger partial charge in [0.2, 0.25) is 11.8 Å². The number of nitrogens with zero attached hydrogens (tertiary/aromatic N) is 1. The lowest BCUT2D eigenvalue weighted by Crippen LogP contribution is -2.46. The van der Waals surface area contributed by atoms with Crippen LogP contribution in [-0.4, -0.2) is 41.1 Å². The molecule has 7 nitrogen and oxygen atoms in total. The molecule has 1 atom stereocenters. The third-order valence-corrected chi connectivity index (χ3v) is 5.11. The number of rotatable bonds is 8. The van der Waals surface area contributed by atoms with E-state index in [0.29, 0.717) is 24.0 Å². The number of anilines is 1. The van der Waals surface area contributed by atoms with Gasteiger partial charge >= 0.3 is 0 Å². The molecule has 2 amide bonds. The Morgan fingerprint density at radius 3 is 2.67 bits per heavy atom. The molecule has 0 aromatic carbocycles. The van der Waals surface area contributed by atoms with E-state index in [9.17, 15) is 9.59 Å². The Labute approximate surface area is 146 Å². The number of carbonyl (C=O) groups is 2. The standard InChI is InChI=1S/C16H26N4O3S/c1-11-7-14(20-23-11)19-16(22)10-24-9-15(21)18-13(8-17)12-5-3-2-4-6-12/h7,12-13H,2-6,8-10,17H2,1H3,(H,18,21)(H,19,20,22). The van der Waals surface area contributed by atoms with Gasteiger partial charge in [0.15, 0.2) is 5.82 Å². The van der Waals surface area contributed by atoms with Crippen LogP contribution in [0, 0.1) is 12.8 Å². The van der Waals surface area contributed by atoms with Crippen molar-refractivity contribution in [1.82, 2.24) is 10.5 Å². The molecule has 1 heterocycles. The molecule has 1 aromatic heterocycles. The molecule has 1 aliphatic rings. The highest BCUT2D eigenvalue weighted by molar-refractivity contribution is 8.00. The Hall–Kier alpha value is -1.54. The van der Waals surface area contributed by atoms with Crippen LogP contribution in [0.25, 0.3) is 0 Å². The molecule has 1 saturated carbocycles. The molecule has 0 spiro atoms. The summed E-state index contributed by atoms with van der Waals surface area (Å²) in [5.41, 5.74) is 5.82. The van der Waals surface area contributed by atoms with Crippen LogP contribution in [0.15, 0.2) is 10.6 Å². The van der Waals surface area contributed by atoms with Gasteiger partial charge in [-0.05, 0) is 25.7 Å². The summed E-state index contributed by atoms with van der Waals surface area (Å²) in [5.74, 6) is 1.67. The van der Waals surface area contributed by atoms with Gasteiger partial charge in [0.25, 0.3) is 0 Å². The number of carbonyl (C=O) groups excluding carboxylic acids is 2. The number of nitrogens with two attached hydrogens (primary N) is 1. The van der Waals surface area contributed by atoms with E-state index in [0.717, 1.165) is 12.8 Å². The summed E-state index contributed by atoms with van der Waals surface area (Å²) in [6.45, 7) is 2.22. The van der Waals surface area contributed by atoms with E-state index in [1.54, 1.807) is 13.0 Å². The minimum atomic E-state index is -0.205. The summed E-state index contributed by atoms with van der Waals surface area (Å²) < 4.78 is 4.87. The highest BCUT2D eigenvalue weighted by Gasteiger charge is 2.23. The molecular weight excluding hydrogens is 328 g/mol. The van der Waals surface area contributed by atoms with Gasteiger partial charge in [0.1, 0.15) is 5.76 Å². The van der Waals surface area contributed by atoms with Crippen molar-refractivity contribution in [2.24, 2.45) is 11.7 Å². The number of hydrogen-bond donors (Lipinski definition) is 3. The highest BCUT2D eigenvalue weighted by Crippen LogP contribution is 2.26. The van der Waals surface area contributed by atoms with Gasteiger partial charge in [0, 0.05) is 18.7 Å². The minimum Gasteiger partial charge on any atom is -0.360 e. The van der Waals surface area contributed by atoms with Crippen LogP contribution in [0.4, 0.5) is 5.82 Å². The molecule has 134 valence electrons. The fourth-order valence-electron chi connectivity index (χ4n) is 2.99. The van der Waals surface area contributed by atoms with E-state index in [-0.39, 0.29) is 29.4 Å². The van der Waals surface area contributed by atoms with Crippen molar-refractivity contribution in [2.75, 3.05) is 23.4 Å². The number of aryl methyl sites for hydroxylation is 1. The van der Waals surface area contributed by atoms with Crippen LogP contribution >= 0.6 is 11.8 Å². The highest BCUT2D eigenvalue weighted by atomic mass is 32.2. The predicted molar refractivity (Wildman–Crippen MR) is 94.8 cm³/mol. The lowest BCUT2D eigenvalue weighted by atomic mass is 9.84. The first kappa shape index (κ1) is 18.8. The predicted octanol–water partition coefficient (Wildman–Crippen LogP) is 1.68. The molecular formula is C16H26N4O3S. The van der Waals surface area contributed by atoms with Crippen molar-refractivity contribution in [3.8, 4) is 0 Å². The first-order chi connectivity index (χ1) is 11.6. The molecule has 0 saturated heterocycles. The van der Waals surface area contributed by atoms with Crippen LogP contribution in [-0.2, 0) is 9.59 Å². The molecule has 0 radical (unpaired) electrons. The quantitative estimate of drug-likeness (QED) is 0.655. The number of thioether (sulfide) groups is 1. The zero-order chi connectivity index (χ0) is 17.4. The summed E-state index contributed by atoms with van der Waals surface area (Å²) in [5, 5.41) is 9.33. The van der Waals surface area contributed by atoms with Gasteiger partial charge in [-0.3, -0.25) is 9.59 Å². The Bertz CT molecular complexity index is 543. The largest absolute Gasteiger partial charge is 0.360 e. The molecule has 1 aliphatic carbocycles. The zero-order valence-electron chi connectivity index (χ0n) is 14.0. The van der Waals surface area contributed by atoms with Crippen molar-refractivity contribution in [3.63, 3.8) is 0 Å². The molecule has 0 aliphatic heterocycles. The second kappa shape index (κ2) is 9.68. The topological polar surface area (TPSA) is 110 Å². The van der Waals surface area contributed by atoms with Crippen molar-refractivity contribution < 1.29 is 14.1 Å². The van der Waals surface area contributed by atoms with Gasteiger partial charge in [-0.15, -0.1) is 11.8 Å². The fraction of sp³-hybridized carbons (Fsp3) is 0.688. The van der Waals surface area contributed by atoms with Crippen LogP contribution in [0.2, 0.25) is 0 Å². The Balaban J connectivity index is 1.65. The van der Waals surface area contributed by atoms with Crippen LogP contribution in [0.1, 0.15) is 37.9 Å². The summed E-state index contributed by atoms with van der Waals surface area (Å²) >= 11 is 1.27. The monoisotopic (exact) mass is 354 g/mol. The van der Waals surface area contributed by atoms with Crippen LogP contribution in [0.5, 0.6) is 0 Å². The fourth-order valence-corrected chi connectivity index (χ4v) is 3.62. The molecule has 1 unspecified atom stereocenters. The first-order valence-corrected chi connectivity index (χ1v) is 9.54. The van der Waals surface area contributed by atoms with Gasteiger partial charge in [-0.1, -0.05) is 24.4 Å². The lowest BCUT2D eigenvalue weighted by molar-refractivity contribution is -0.119.